The van der Waals surface area contributed by atoms with E-state index in [1.807, 2.05) is 50.1 Å². The van der Waals surface area contributed by atoms with Gasteiger partial charge in [-0.25, -0.2) is 9.18 Å². The maximum atomic E-state index is 14.3. The number of hydrogen-bond acceptors (Lipinski definition) is 5. The molecule has 2 N–H and O–H groups in total. The predicted octanol–water partition coefficient (Wildman–Crippen LogP) is 5.55. The number of carbonyl (C=O) groups excluding carboxylic acids is 2. The first-order valence-electron chi connectivity index (χ1n) is 11.9. The zero-order valence-corrected chi connectivity index (χ0v) is 22.0. The van der Waals surface area contributed by atoms with Crippen molar-refractivity contribution in [3.63, 3.8) is 0 Å². The molecule has 1 aromatic carbocycles. The fourth-order valence-corrected chi connectivity index (χ4v) is 4.93. The van der Waals surface area contributed by atoms with Crippen molar-refractivity contribution in [2.24, 2.45) is 7.05 Å². The van der Waals surface area contributed by atoms with Gasteiger partial charge in [-0.1, -0.05) is 20.8 Å². The van der Waals surface area contributed by atoms with E-state index in [1.54, 1.807) is 17.8 Å². The van der Waals surface area contributed by atoms with Crippen LogP contribution in [0.15, 0.2) is 35.7 Å². The number of aromatic nitrogens is 2. The van der Waals surface area contributed by atoms with E-state index in [9.17, 15) is 14.0 Å². The van der Waals surface area contributed by atoms with Crippen molar-refractivity contribution >= 4 is 34.8 Å². The molecule has 1 fully saturated rings. The number of piperidine rings is 1. The molecule has 192 valence electrons. The number of rotatable bonds is 5. The zero-order chi connectivity index (χ0) is 26.0. The van der Waals surface area contributed by atoms with Crippen LogP contribution in [-0.2, 0) is 12.5 Å². The smallest absolute Gasteiger partial charge is 0.324 e. The molecule has 0 bridgehead atoms. The van der Waals surface area contributed by atoms with Crippen LogP contribution in [-0.4, -0.2) is 45.8 Å². The van der Waals surface area contributed by atoms with Crippen molar-refractivity contribution in [3.8, 4) is 5.75 Å². The maximum absolute atomic E-state index is 14.3. The van der Waals surface area contributed by atoms with Gasteiger partial charge in [0.15, 0.2) is 0 Å². The zero-order valence-electron chi connectivity index (χ0n) is 21.2. The standard InChI is InChI=1S/C26H32FN5O3S/c1-16-8-11-36-23(16)24(33)32-9-6-19(7-10-32)35-20-13-17(27)12-18(14-20)28-25(34)29-22-15-21(26(2,3)4)30-31(22)5/h8,11-15,19H,6-7,9-10H2,1-5H3,(H2,28,29,34). The van der Waals surface area contributed by atoms with Gasteiger partial charge in [0.2, 0.25) is 0 Å². The summed E-state index contributed by atoms with van der Waals surface area (Å²) in [7, 11) is 1.75. The molecule has 0 aliphatic carbocycles. The summed E-state index contributed by atoms with van der Waals surface area (Å²) >= 11 is 1.46. The lowest BCUT2D eigenvalue weighted by Crippen LogP contribution is -2.41. The summed E-state index contributed by atoms with van der Waals surface area (Å²) in [6.45, 7) is 9.21. The second-order valence-electron chi connectivity index (χ2n) is 10.1. The lowest BCUT2D eigenvalue weighted by Gasteiger charge is -2.32. The molecule has 1 saturated heterocycles. The second kappa shape index (κ2) is 10.3. The molecule has 8 nitrogen and oxygen atoms in total. The van der Waals surface area contributed by atoms with Crippen molar-refractivity contribution in [2.75, 3.05) is 23.7 Å². The van der Waals surface area contributed by atoms with Crippen LogP contribution in [0, 0.1) is 12.7 Å². The number of amides is 3. The van der Waals surface area contributed by atoms with Crippen LogP contribution in [0.1, 0.15) is 54.5 Å². The highest BCUT2D eigenvalue weighted by atomic mass is 32.1. The van der Waals surface area contributed by atoms with Crippen LogP contribution < -0.4 is 15.4 Å². The number of aryl methyl sites for hydroxylation is 2. The van der Waals surface area contributed by atoms with Crippen LogP contribution in [0.3, 0.4) is 0 Å². The number of anilines is 2. The summed E-state index contributed by atoms with van der Waals surface area (Å²) in [5, 5.41) is 11.8. The van der Waals surface area contributed by atoms with Gasteiger partial charge in [0.1, 0.15) is 23.5 Å². The first kappa shape index (κ1) is 25.7. The minimum Gasteiger partial charge on any atom is -0.490 e. The fraction of sp³-hybridized carbons (Fsp3) is 0.423. The van der Waals surface area contributed by atoms with Gasteiger partial charge in [-0.05, 0) is 30.0 Å². The van der Waals surface area contributed by atoms with Gasteiger partial charge < -0.3 is 15.0 Å². The Morgan fingerprint density at radius 1 is 1.14 bits per heavy atom. The molecule has 0 atom stereocenters. The third kappa shape index (κ3) is 6.04. The van der Waals surface area contributed by atoms with Crippen LogP contribution in [0.2, 0.25) is 0 Å². The highest BCUT2D eigenvalue weighted by Gasteiger charge is 2.26. The van der Waals surface area contributed by atoms with E-state index in [2.05, 4.69) is 15.7 Å². The van der Waals surface area contributed by atoms with Gasteiger partial charge in [-0.3, -0.25) is 14.8 Å². The maximum Gasteiger partial charge on any atom is 0.324 e. The van der Waals surface area contributed by atoms with Gasteiger partial charge in [0.05, 0.1) is 10.6 Å². The molecule has 3 heterocycles. The van der Waals surface area contributed by atoms with Crippen molar-refractivity contribution in [2.45, 2.75) is 52.1 Å². The highest BCUT2D eigenvalue weighted by Crippen LogP contribution is 2.27. The van der Waals surface area contributed by atoms with E-state index in [1.165, 1.54) is 23.5 Å². The molecule has 4 rings (SSSR count). The number of urea groups is 1. The Morgan fingerprint density at radius 3 is 2.47 bits per heavy atom. The monoisotopic (exact) mass is 513 g/mol. The topological polar surface area (TPSA) is 88.5 Å². The van der Waals surface area contributed by atoms with Gasteiger partial charge in [0, 0.05) is 62.3 Å². The number of ether oxygens (including phenoxy) is 1. The van der Waals surface area contributed by atoms with Crippen LogP contribution in [0.4, 0.5) is 20.7 Å². The average Bonchev–Trinajstić information content (AvgIpc) is 3.38. The molecule has 36 heavy (non-hydrogen) atoms. The summed E-state index contributed by atoms with van der Waals surface area (Å²) in [4.78, 5) is 27.9. The Balaban J connectivity index is 1.34. The van der Waals surface area contributed by atoms with Crippen molar-refractivity contribution in [1.29, 1.82) is 0 Å². The van der Waals surface area contributed by atoms with E-state index in [-0.39, 0.29) is 23.1 Å². The predicted molar refractivity (Wildman–Crippen MR) is 140 cm³/mol. The molecule has 1 aliphatic heterocycles. The lowest BCUT2D eigenvalue weighted by molar-refractivity contribution is 0.0599. The molecular weight excluding hydrogens is 481 g/mol. The molecule has 1 aliphatic rings. The Labute approximate surface area is 214 Å². The van der Waals surface area contributed by atoms with Gasteiger partial charge in [-0.15, -0.1) is 11.3 Å². The summed E-state index contributed by atoms with van der Waals surface area (Å²) in [5.74, 6) is 0.399. The molecular formula is C26H32FN5O3S. The summed E-state index contributed by atoms with van der Waals surface area (Å²) < 4.78 is 21.9. The number of likely N-dealkylation sites (tertiary alicyclic amines) is 1. The Hall–Kier alpha value is -3.40. The normalized spacial score (nSPS) is 14.6. The largest absolute Gasteiger partial charge is 0.490 e. The fourth-order valence-electron chi connectivity index (χ4n) is 4.04. The first-order valence-corrected chi connectivity index (χ1v) is 12.8. The van der Waals surface area contributed by atoms with Crippen LogP contribution in [0.25, 0.3) is 0 Å². The number of thiophene rings is 1. The number of nitrogens with one attached hydrogen (secondary N) is 2. The molecule has 3 aromatic rings. The van der Waals surface area contributed by atoms with E-state index in [0.717, 1.165) is 16.1 Å². The summed E-state index contributed by atoms with van der Waals surface area (Å²) in [6.07, 6.45) is 1.14. The van der Waals surface area contributed by atoms with E-state index in [4.69, 9.17) is 4.74 Å². The van der Waals surface area contributed by atoms with Crippen LogP contribution >= 0.6 is 11.3 Å². The molecule has 2 aromatic heterocycles. The third-order valence-corrected chi connectivity index (χ3v) is 7.11. The molecule has 0 unspecified atom stereocenters. The van der Waals surface area contributed by atoms with E-state index < -0.39 is 11.8 Å². The van der Waals surface area contributed by atoms with Gasteiger partial charge in [0.25, 0.3) is 5.91 Å². The molecule has 3 amide bonds. The SMILES string of the molecule is Cc1ccsc1C(=O)N1CCC(Oc2cc(F)cc(NC(=O)Nc3cc(C(C)(C)C)nn3C)c2)CC1. The first-order chi connectivity index (χ1) is 17.0. The molecule has 0 saturated carbocycles. The van der Waals surface area contributed by atoms with E-state index in [0.29, 0.717) is 37.5 Å². The quantitative estimate of drug-likeness (QED) is 0.468. The minimum absolute atomic E-state index is 0.0484. The molecule has 10 heteroatoms. The number of benzene rings is 1. The number of carbonyl (C=O) groups is 2. The number of hydrogen-bond donors (Lipinski definition) is 2. The number of halogens is 1. The van der Waals surface area contributed by atoms with Gasteiger partial charge >= 0.3 is 6.03 Å². The second-order valence-corrected chi connectivity index (χ2v) is 11.0. The summed E-state index contributed by atoms with van der Waals surface area (Å²) in [6, 6.07) is 7.39. The highest BCUT2D eigenvalue weighted by molar-refractivity contribution is 7.12. The van der Waals surface area contributed by atoms with Crippen molar-refractivity contribution in [1.82, 2.24) is 14.7 Å². The van der Waals surface area contributed by atoms with Crippen LogP contribution in [0.5, 0.6) is 5.75 Å². The Morgan fingerprint density at radius 2 is 1.86 bits per heavy atom. The van der Waals surface area contributed by atoms with Crippen molar-refractivity contribution in [3.05, 3.63) is 57.7 Å². The Kier molecular flexibility index (Phi) is 7.35. The van der Waals surface area contributed by atoms with Gasteiger partial charge in [-0.2, -0.15) is 5.10 Å². The number of nitrogens with zero attached hydrogens (tertiary/aromatic N) is 3. The molecule has 0 radical (unpaired) electrons. The lowest BCUT2D eigenvalue weighted by atomic mass is 9.92. The third-order valence-electron chi connectivity index (χ3n) is 6.11. The van der Waals surface area contributed by atoms with Crippen molar-refractivity contribution < 1.29 is 18.7 Å². The van der Waals surface area contributed by atoms with E-state index >= 15 is 0 Å². The molecule has 0 spiro atoms. The Bertz CT molecular complexity index is 1250. The summed E-state index contributed by atoms with van der Waals surface area (Å²) in [5.41, 5.74) is 1.96. The minimum atomic E-state index is -0.515. The average molecular weight is 514 g/mol.